The second kappa shape index (κ2) is 6.08. The van der Waals surface area contributed by atoms with Crippen molar-refractivity contribution in [2.45, 2.75) is 19.8 Å². The number of rotatable bonds is 5. The van der Waals surface area contributed by atoms with Crippen LogP contribution in [0.1, 0.15) is 26.7 Å². The topological polar surface area (TPSA) is 62.2 Å². The Hall–Kier alpha value is -1.24. The van der Waals surface area contributed by atoms with Gasteiger partial charge in [-0.1, -0.05) is 6.07 Å². The maximum atomic E-state index is 11.8. The Balaban J connectivity index is 2.04. The molecule has 0 unspecified atom stereocenters. The molecule has 0 aliphatic rings. The normalized spacial score (nSPS) is 10.6. The minimum absolute atomic E-state index is 0.118. The SMILES string of the molecule is Cc1nc(NC(=O)c2cccs2)sc1CCCO. The molecule has 2 heterocycles. The molecule has 0 aromatic carbocycles. The molecule has 4 nitrogen and oxygen atoms in total. The first-order valence-corrected chi connectivity index (χ1v) is 7.32. The van der Waals surface area contributed by atoms with Gasteiger partial charge in [0.15, 0.2) is 5.13 Å². The Morgan fingerprint density at radius 1 is 1.56 bits per heavy atom. The van der Waals surface area contributed by atoms with Crippen molar-refractivity contribution >= 4 is 33.7 Å². The number of hydrogen-bond donors (Lipinski definition) is 2. The highest BCUT2D eigenvalue weighted by Gasteiger charge is 2.12. The average molecular weight is 282 g/mol. The second-order valence-corrected chi connectivity index (χ2v) is 5.82. The summed E-state index contributed by atoms with van der Waals surface area (Å²) in [5.74, 6) is -0.118. The van der Waals surface area contributed by atoms with Crippen molar-refractivity contribution in [2.24, 2.45) is 0 Å². The molecule has 2 aromatic rings. The number of anilines is 1. The maximum absolute atomic E-state index is 11.8. The lowest BCUT2D eigenvalue weighted by molar-refractivity contribution is 0.103. The summed E-state index contributed by atoms with van der Waals surface area (Å²) in [6.07, 6.45) is 1.52. The van der Waals surface area contributed by atoms with Crippen LogP contribution in [0.25, 0.3) is 0 Å². The predicted molar refractivity (Wildman–Crippen MR) is 74.5 cm³/mol. The van der Waals surface area contributed by atoms with Gasteiger partial charge in [-0.2, -0.15) is 0 Å². The van der Waals surface area contributed by atoms with E-state index in [1.165, 1.54) is 22.7 Å². The number of thiophene rings is 1. The molecule has 0 aliphatic heterocycles. The molecular weight excluding hydrogens is 268 g/mol. The van der Waals surface area contributed by atoms with Crippen LogP contribution in [0.3, 0.4) is 0 Å². The molecule has 2 N–H and O–H groups in total. The number of hydrogen-bond acceptors (Lipinski definition) is 5. The molecular formula is C12H14N2O2S2. The van der Waals surface area contributed by atoms with Crippen LogP contribution < -0.4 is 5.32 Å². The van der Waals surface area contributed by atoms with E-state index in [-0.39, 0.29) is 12.5 Å². The summed E-state index contributed by atoms with van der Waals surface area (Å²) in [6, 6.07) is 3.63. The Kier molecular flexibility index (Phi) is 4.46. The zero-order chi connectivity index (χ0) is 13.0. The Labute approximate surface area is 113 Å². The van der Waals surface area contributed by atoms with Crippen LogP contribution in [-0.4, -0.2) is 22.6 Å². The smallest absolute Gasteiger partial charge is 0.267 e. The number of thiazole rings is 1. The van der Waals surface area contributed by atoms with Gasteiger partial charge in [-0.25, -0.2) is 4.98 Å². The summed E-state index contributed by atoms with van der Waals surface area (Å²) in [7, 11) is 0. The molecule has 0 fully saturated rings. The Bertz CT molecular complexity index is 520. The van der Waals surface area contributed by atoms with Crippen LogP contribution in [0.4, 0.5) is 5.13 Å². The van der Waals surface area contributed by atoms with Crippen molar-refractivity contribution < 1.29 is 9.90 Å². The lowest BCUT2D eigenvalue weighted by Crippen LogP contribution is -2.09. The van der Waals surface area contributed by atoms with E-state index in [0.717, 1.165) is 23.4 Å². The quantitative estimate of drug-likeness (QED) is 0.886. The van der Waals surface area contributed by atoms with E-state index in [2.05, 4.69) is 10.3 Å². The van der Waals surface area contributed by atoms with E-state index in [1.54, 1.807) is 6.07 Å². The van der Waals surface area contributed by atoms with Crippen LogP contribution in [0, 0.1) is 6.92 Å². The van der Waals surface area contributed by atoms with Gasteiger partial charge in [-0.15, -0.1) is 22.7 Å². The number of carbonyl (C=O) groups excluding carboxylic acids is 1. The Morgan fingerprint density at radius 3 is 3.06 bits per heavy atom. The maximum Gasteiger partial charge on any atom is 0.267 e. The van der Waals surface area contributed by atoms with Crippen molar-refractivity contribution in [3.63, 3.8) is 0 Å². The van der Waals surface area contributed by atoms with Gasteiger partial charge in [0.1, 0.15) is 0 Å². The van der Waals surface area contributed by atoms with Crippen LogP contribution in [0.15, 0.2) is 17.5 Å². The van der Waals surface area contributed by atoms with E-state index in [9.17, 15) is 4.79 Å². The molecule has 0 saturated carbocycles. The van der Waals surface area contributed by atoms with Crippen molar-refractivity contribution in [1.82, 2.24) is 4.98 Å². The van der Waals surface area contributed by atoms with Crippen LogP contribution in [0.5, 0.6) is 0 Å². The lowest BCUT2D eigenvalue weighted by Gasteiger charge is -1.97. The number of aryl methyl sites for hydroxylation is 2. The fourth-order valence-electron chi connectivity index (χ4n) is 1.52. The van der Waals surface area contributed by atoms with Crippen molar-refractivity contribution in [2.75, 3.05) is 11.9 Å². The van der Waals surface area contributed by atoms with E-state index < -0.39 is 0 Å². The molecule has 6 heteroatoms. The summed E-state index contributed by atoms with van der Waals surface area (Å²) >= 11 is 2.88. The third kappa shape index (κ3) is 3.16. The standard InChI is InChI=1S/C12H14N2O2S2/c1-8-9(4-2-6-15)18-12(13-8)14-11(16)10-5-3-7-17-10/h3,5,7,15H,2,4,6H2,1H3,(H,13,14,16). The summed E-state index contributed by atoms with van der Waals surface area (Å²) in [6.45, 7) is 2.10. The minimum Gasteiger partial charge on any atom is -0.396 e. The molecule has 1 amide bonds. The van der Waals surface area contributed by atoms with Crippen molar-refractivity contribution in [3.05, 3.63) is 33.0 Å². The van der Waals surface area contributed by atoms with Gasteiger partial charge >= 0.3 is 0 Å². The molecule has 18 heavy (non-hydrogen) atoms. The number of aromatic nitrogens is 1. The molecule has 2 rings (SSSR count). The Morgan fingerprint density at radius 2 is 2.39 bits per heavy atom. The highest BCUT2D eigenvalue weighted by Crippen LogP contribution is 2.24. The second-order valence-electron chi connectivity index (χ2n) is 3.79. The summed E-state index contributed by atoms with van der Waals surface area (Å²) in [5.41, 5.74) is 0.926. The van der Waals surface area contributed by atoms with Gasteiger partial charge < -0.3 is 5.11 Å². The first-order valence-electron chi connectivity index (χ1n) is 5.62. The summed E-state index contributed by atoms with van der Waals surface area (Å²) < 4.78 is 0. The van der Waals surface area contributed by atoms with Crippen LogP contribution in [-0.2, 0) is 6.42 Å². The molecule has 2 aromatic heterocycles. The van der Waals surface area contributed by atoms with E-state index in [4.69, 9.17) is 5.11 Å². The van der Waals surface area contributed by atoms with Gasteiger partial charge in [0.05, 0.1) is 10.6 Å². The number of nitrogens with one attached hydrogen (secondary N) is 1. The third-order valence-corrected chi connectivity index (χ3v) is 4.42. The van der Waals surface area contributed by atoms with Crippen molar-refractivity contribution in [3.8, 4) is 0 Å². The monoisotopic (exact) mass is 282 g/mol. The molecule has 0 atom stereocenters. The largest absolute Gasteiger partial charge is 0.396 e. The highest BCUT2D eigenvalue weighted by atomic mass is 32.1. The first-order chi connectivity index (χ1) is 8.70. The molecule has 96 valence electrons. The van der Waals surface area contributed by atoms with Crippen LogP contribution >= 0.6 is 22.7 Å². The number of nitrogens with zero attached hydrogens (tertiary/aromatic N) is 1. The molecule has 0 spiro atoms. The van der Waals surface area contributed by atoms with E-state index in [0.29, 0.717) is 10.0 Å². The van der Waals surface area contributed by atoms with Crippen molar-refractivity contribution in [1.29, 1.82) is 0 Å². The minimum atomic E-state index is -0.118. The van der Waals surface area contributed by atoms with Gasteiger partial charge in [0, 0.05) is 11.5 Å². The summed E-state index contributed by atoms with van der Waals surface area (Å²) in [4.78, 5) is 18.0. The predicted octanol–water partition coefficient (Wildman–Crippen LogP) is 2.69. The van der Waals surface area contributed by atoms with E-state index in [1.807, 2.05) is 18.4 Å². The molecule has 0 aliphatic carbocycles. The number of aliphatic hydroxyl groups excluding tert-OH is 1. The van der Waals surface area contributed by atoms with E-state index >= 15 is 0 Å². The molecule has 0 radical (unpaired) electrons. The van der Waals surface area contributed by atoms with Crippen LogP contribution in [0.2, 0.25) is 0 Å². The first kappa shape index (κ1) is 13.2. The van der Waals surface area contributed by atoms with Gasteiger partial charge in [0.25, 0.3) is 5.91 Å². The summed E-state index contributed by atoms with van der Waals surface area (Å²) in [5, 5.41) is 14.1. The fourth-order valence-corrected chi connectivity index (χ4v) is 3.14. The molecule has 0 bridgehead atoms. The lowest BCUT2D eigenvalue weighted by atomic mass is 10.2. The van der Waals surface area contributed by atoms with Gasteiger partial charge in [-0.05, 0) is 31.2 Å². The zero-order valence-corrected chi connectivity index (χ0v) is 11.6. The van der Waals surface area contributed by atoms with Gasteiger partial charge in [0.2, 0.25) is 0 Å². The average Bonchev–Trinajstić information content (AvgIpc) is 2.96. The molecule has 0 saturated heterocycles. The third-order valence-electron chi connectivity index (χ3n) is 2.42. The number of amides is 1. The fraction of sp³-hybridized carbons (Fsp3) is 0.333. The highest BCUT2D eigenvalue weighted by molar-refractivity contribution is 7.16. The van der Waals surface area contributed by atoms with Gasteiger partial charge in [-0.3, -0.25) is 10.1 Å². The number of aliphatic hydroxyl groups is 1. The number of carbonyl (C=O) groups is 1. The zero-order valence-electron chi connectivity index (χ0n) is 9.97.